The molecule has 1 fully saturated rings. The summed E-state index contributed by atoms with van der Waals surface area (Å²) in [4.78, 5) is 14.4. The highest BCUT2D eigenvalue weighted by atomic mass is 19.1. The average molecular weight is 435 g/mol. The summed E-state index contributed by atoms with van der Waals surface area (Å²) < 4.78 is 15.7. The predicted molar refractivity (Wildman–Crippen MR) is 130 cm³/mol. The first-order chi connectivity index (χ1) is 15.5. The van der Waals surface area contributed by atoms with Crippen LogP contribution in [0.1, 0.15) is 31.2 Å². The molecule has 1 saturated heterocycles. The van der Waals surface area contributed by atoms with Crippen molar-refractivity contribution >= 4 is 28.6 Å². The first kappa shape index (κ1) is 23.3. The Bertz CT molecular complexity index is 1070. The van der Waals surface area contributed by atoms with Gasteiger partial charge < -0.3 is 20.6 Å². The summed E-state index contributed by atoms with van der Waals surface area (Å²) >= 11 is 0. The Hall–Kier alpha value is -3.41. The number of carbonyl (C=O) groups excluding carboxylic acids is 1. The van der Waals surface area contributed by atoms with Crippen molar-refractivity contribution in [2.75, 3.05) is 13.1 Å². The maximum Gasteiger partial charge on any atom is 0.222 e. The molecule has 5 nitrogen and oxygen atoms in total. The van der Waals surface area contributed by atoms with E-state index in [-0.39, 0.29) is 12.3 Å². The van der Waals surface area contributed by atoms with Gasteiger partial charge >= 0.3 is 0 Å². The fourth-order valence-electron chi connectivity index (χ4n) is 4.26. The molecule has 0 bridgehead atoms. The van der Waals surface area contributed by atoms with Crippen molar-refractivity contribution in [2.45, 2.75) is 32.2 Å². The molecule has 1 amide bonds. The molecule has 0 radical (unpaired) electrons. The predicted octanol–water partition coefficient (Wildman–Crippen LogP) is 5.20. The average Bonchev–Trinajstić information content (AvgIpc) is 3.19. The molecule has 2 aromatic rings. The Morgan fingerprint density at radius 2 is 2.00 bits per heavy atom. The minimum Gasteiger partial charge on any atom is -0.404 e. The summed E-state index contributed by atoms with van der Waals surface area (Å²) in [5.74, 6) is 0.0568. The lowest BCUT2D eigenvalue weighted by molar-refractivity contribution is -0.132. The first-order valence-electron chi connectivity index (χ1n) is 10.9. The van der Waals surface area contributed by atoms with E-state index in [1.807, 2.05) is 11.0 Å². The van der Waals surface area contributed by atoms with Gasteiger partial charge in [-0.1, -0.05) is 31.4 Å². The molecule has 6 heteroatoms. The highest BCUT2D eigenvalue weighted by Crippen LogP contribution is 2.26. The molecular formula is C26H31FN4O. The van der Waals surface area contributed by atoms with Crippen molar-refractivity contribution in [1.82, 2.24) is 9.47 Å². The van der Waals surface area contributed by atoms with E-state index < -0.39 is 5.83 Å². The summed E-state index contributed by atoms with van der Waals surface area (Å²) in [5.41, 5.74) is 8.82. The number of nitrogens with two attached hydrogens (primary N) is 1. The number of carbonyl (C=O) groups is 1. The number of allylic oxidation sites excluding steroid dienone is 5. The topological polar surface area (TPSA) is 75.1 Å². The lowest BCUT2D eigenvalue weighted by Gasteiger charge is -2.32. The van der Waals surface area contributed by atoms with Gasteiger partial charge in [-0.15, -0.1) is 0 Å². The molecule has 1 aromatic carbocycles. The molecule has 0 spiro atoms. The number of nitrogens with one attached hydrogen (secondary N) is 1. The van der Waals surface area contributed by atoms with Crippen LogP contribution in [0.25, 0.3) is 16.5 Å². The Kier molecular flexibility index (Phi) is 7.82. The molecular weight excluding hydrogens is 403 g/mol. The molecule has 2 heterocycles. The normalized spacial score (nSPS) is 15.7. The second-order valence-electron chi connectivity index (χ2n) is 8.16. The third-order valence-electron chi connectivity index (χ3n) is 6.14. The lowest BCUT2D eigenvalue weighted by atomic mass is 9.96. The van der Waals surface area contributed by atoms with Crippen molar-refractivity contribution < 1.29 is 9.18 Å². The maximum absolute atomic E-state index is 13.4. The highest BCUT2D eigenvalue weighted by Gasteiger charge is 2.23. The van der Waals surface area contributed by atoms with E-state index in [0.717, 1.165) is 48.9 Å². The van der Waals surface area contributed by atoms with Gasteiger partial charge in [-0.2, -0.15) is 0 Å². The number of amides is 1. The van der Waals surface area contributed by atoms with Crippen molar-refractivity contribution in [3.05, 3.63) is 78.9 Å². The van der Waals surface area contributed by atoms with E-state index in [0.29, 0.717) is 23.5 Å². The van der Waals surface area contributed by atoms with Crippen LogP contribution in [0.3, 0.4) is 0 Å². The van der Waals surface area contributed by atoms with Crippen LogP contribution in [0, 0.1) is 11.3 Å². The molecule has 32 heavy (non-hydrogen) atoms. The molecule has 168 valence electrons. The van der Waals surface area contributed by atoms with Crippen LogP contribution in [0.5, 0.6) is 0 Å². The Morgan fingerprint density at radius 1 is 1.25 bits per heavy atom. The quantitative estimate of drug-likeness (QED) is 0.420. The first-order valence-corrected chi connectivity index (χ1v) is 10.9. The fraction of sp³-hybridized carbons (Fsp3) is 0.308. The lowest BCUT2D eigenvalue weighted by Crippen LogP contribution is -2.39. The molecule has 0 saturated carbocycles. The molecule has 1 aliphatic rings. The summed E-state index contributed by atoms with van der Waals surface area (Å²) in [6, 6.07) is 8.20. The van der Waals surface area contributed by atoms with Crippen LogP contribution in [-0.4, -0.2) is 34.7 Å². The number of likely N-dealkylation sites (tertiary alicyclic amines) is 1. The van der Waals surface area contributed by atoms with Crippen LogP contribution >= 0.6 is 0 Å². The second kappa shape index (κ2) is 10.8. The number of hydrogen-bond donors (Lipinski definition) is 2. The number of benzene rings is 1. The zero-order valence-electron chi connectivity index (χ0n) is 18.4. The van der Waals surface area contributed by atoms with Gasteiger partial charge in [0.2, 0.25) is 5.91 Å². The number of hydrogen-bond acceptors (Lipinski definition) is 3. The molecule has 0 unspecified atom stereocenters. The van der Waals surface area contributed by atoms with Crippen molar-refractivity contribution in [3.8, 4) is 0 Å². The van der Waals surface area contributed by atoms with Crippen LogP contribution in [-0.2, 0) is 11.3 Å². The van der Waals surface area contributed by atoms with Gasteiger partial charge in [-0.25, -0.2) is 4.39 Å². The van der Waals surface area contributed by atoms with Crippen LogP contribution in [0.2, 0.25) is 0 Å². The zero-order valence-corrected chi connectivity index (χ0v) is 18.4. The standard InChI is InChI=1S/C26H31FN4O/c1-3-4-21(19(2)27)6-8-26(32)30-12-9-20(10-13-30)18-31-14-11-23-15-22(5-7-25(23)31)24(16-28)17-29/h3-5,7,11,14-17,20,28H,1-2,6,8-10,12-13,18,29H2/b21-4-,24-17+,28-16?. The van der Waals surface area contributed by atoms with Crippen molar-refractivity contribution in [3.63, 3.8) is 0 Å². The maximum atomic E-state index is 13.4. The van der Waals surface area contributed by atoms with Crippen LogP contribution in [0.4, 0.5) is 4.39 Å². The Morgan fingerprint density at radius 3 is 2.62 bits per heavy atom. The van der Waals surface area contributed by atoms with Gasteiger partial charge in [0, 0.05) is 61.1 Å². The van der Waals surface area contributed by atoms with Gasteiger partial charge in [0.05, 0.1) is 0 Å². The fourth-order valence-corrected chi connectivity index (χ4v) is 4.26. The van der Waals surface area contributed by atoms with E-state index in [2.05, 4.69) is 42.1 Å². The number of halogens is 1. The third-order valence-corrected chi connectivity index (χ3v) is 6.14. The van der Waals surface area contributed by atoms with E-state index in [4.69, 9.17) is 11.1 Å². The number of rotatable bonds is 9. The third kappa shape index (κ3) is 5.44. The van der Waals surface area contributed by atoms with E-state index in [1.165, 1.54) is 18.5 Å². The number of nitrogens with zero attached hydrogens (tertiary/aromatic N) is 2. The number of aromatic nitrogens is 1. The van der Waals surface area contributed by atoms with Crippen molar-refractivity contribution in [2.24, 2.45) is 11.7 Å². The summed E-state index contributed by atoms with van der Waals surface area (Å²) in [5, 5.41) is 8.60. The summed E-state index contributed by atoms with van der Waals surface area (Å²) in [7, 11) is 0. The minimum absolute atomic E-state index is 0.0635. The summed E-state index contributed by atoms with van der Waals surface area (Å²) in [6.07, 6.45) is 10.4. The molecule has 3 rings (SSSR count). The molecule has 0 atom stereocenters. The molecule has 1 aromatic heterocycles. The van der Waals surface area contributed by atoms with Gasteiger partial charge in [-0.3, -0.25) is 4.79 Å². The number of fused-ring (bicyclic) bond motifs is 1. The molecule has 0 aliphatic carbocycles. The SMILES string of the molecule is C=C/C=C(/CCC(=O)N1CCC(Cn2ccc3cc(/C(C=N)=C/N)ccc32)CC1)C(=C)F. The van der Waals surface area contributed by atoms with Crippen LogP contribution in [0.15, 0.2) is 73.4 Å². The smallest absolute Gasteiger partial charge is 0.222 e. The monoisotopic (exact) mass is 434 g/mol. The van der Waals surface area contributed by atoms with E-state index in [1.54, 1.807) is 6.08 Å². The van der Waals surface area contributed by atoms with Gasteiger partial charge in [0.1, 0.15) is 5.83 Å². The van der Waals surface area contributed by atoms with Crippen molar-refractivity contribution in [1.29, 1.82) is 5.41 Å². The molecule has 3 N–H and O–H groups in total. The summed E-state index contributed by atoms with van der Waals surface area (Å²) in [6.45, 7) is 9.27. The van der Waals surface area contributed by atoms with Gasteiger partial charge in [0.25, 0.3) is 0 Å². The number of piperidine rings is 1. The van der Waals surface area contributed by atoms with E-state index >= 15 is 0 Å². The largest absolute Gasteiger partial charge is 0.404 e. The Labute approximate surface area is 188 Å². The van der Waals surface area contributed by atoms with Crippen LogP contribution < -0.4 is 5.73 Å². The minimum atomic E-state index is -0.504. The zero-order chi connectivity index (χ0) is 23.1. The molecule has 1 aliphatic heterocycles. The second-order valence-corrected chi connectivity index (χ2v) is 8.16. The Balaban J connectivity index is 1.56. The highest BCUT2D eigenvalue weighted by molar-refractivity contribution is 6.09. The van der Waals surface area contributed by atoms with Gasteiger partial charge in [0.15, 0.2) is 0 Å². The van der Waals surface area contributed by atoms with E-state index in [9.17, 15) is 9.18 Å². The van der Waals surface area contributed by atoms with Gasteiger partial charge in [-0.05, 0) is 54.5 Å².